The molecule has 132 valence electrons. The lowest BCUT2D eigenvalue weighted by molar-refractivity contribution is -0.131. The summed E-state index contributed by atoms with van der Waals surface area (Å²) in [6.45, 7) is 5.95. The van der Waals surface area contributed by atoms with Gasteiger partial charge in [-0.05, 0) is 55.8 Å². The van der Waals surface area contributed by atoms with E-state index in [2.05, 4.69) is 32.6 Å². The number of rotatable bonds is 4. The van der Waals surface area contributed by atoms with Gasteiger partial charge in [-0.3, -0.25) is 4.79 Å². The van der Waals surface area contributed by atoms with E-state index in [0.717, 1.165) is 58.0 Å². The number of nitrogens with zero attached hydrogens (tertiary/aromatic N) is 2. The Balaban J connectivity index is 0.00000132. The first kappa shape index (κ1) is 20.6. The van der Waals surface area contributed by atoms with Gasteiger partial charge in [-0.2, -0.15) is 0 Å². The monoisotopic (exact) mass is 379 g/mol. The van der Waals surface area contributed by atoms with E-state index in [1.165, 1.54) is 17.8 Å². The molecule has 0 bridgehead atoms. The third-order valence-electron chi connectivity index (χ3n) is 4.68. The number of amides is 1. The highest BCUT2D eigenvalue weighted by molar-refractivity contribution is 7.14. The molecule has 0 aliphatic carbocycles. The smallest absolute Gasteiger partial charge is 0.222 e. The number of halogens is 2. The van der Waals surface area contributed by atoms with Crippen LogP contribution in [0, 0.1) is 5.92 Å². The summed E-state index contributed by atoms with van der Waals surface area (Å²) in [4.78, 5) is 16.8. The van der Waals surface area contributed by atoms with E-state index < -0.39 is 0 Å². The highest BCUT2D eigenvalue weighted by Crippen LogP contribution is 2.23. The van der Waals surface area contributed by atoms with Gasteiger partial charge in [-0.1, -0.05) is 0 Å². The molecule has 4 nitrogen and oxygen atoms in total. The zero-order chi connectivity index (χ0) is 14.5. The maximum Gasteiger partial charge on any atom is 0.222 e. The minimum atomic E-state index is 0. The molecule has 2 fully saturated rings. The molecule has 23 heavy (non-hydrogen) atoms. The molecule has 0 radical (unpaired) electrons. The van der Waals surface area contributed by atoms with Crippen LogP contribution in [0.4, 0.5) is 5.00 Å². The van der Waals surface area contributed by atoms with Crippen molar-refractivity contribution in [2.45, 2.75) is 25.7 Å². The molecule has 2 aliphatic heterocycles. The number of piperidine rings is 1. The second-order valence-electron chi connectivity index (χ2n) is 6.05. The van der Waals surface area contributed by atoms with E-state index in [1.54, 1.807) is 11.3 Å². The number of piperazine rings is 1. The molecular weight excluding hydrogens is 353 g/mol. The van der Waals surface area contributed by atoms with Crippen molar-refractivity contribution in [3.8, 4) is 0 Å². The standard InChI is InChI=1S/C16H25N3OS.2ClH/c20-15(4-3-14-5-7-17-8-6-14)18-9-11-19(12-10-18)16-2-1-13-21-16;;/h1-2,13-14,17H,3-12H2;2*1H. The Labute approximate surface area is 155 Å². The molecule has 2 aliphatic rings. The zero-order valence-electron chi connectivity index (χ0n) is 13.4. The van der Waals surface area contributed by atoms with Crippen LogP contribution in [0.3, 0.4) is 0 Å². The number of hydrogen-bond donors (Lipinski definition) is 1. The van der Waals surface area contributed by atoms with Crippen LogP contribution in [-0.2, 0) is 4.79 Å². The summed E-state index contributed by atoms with van der Waals surface area (Å²) in [7, 11) is 0. The molecule has 0 spiro atoms. The van der Waals surface area contributed by atoms with Gasteiger partial charge < -0.3 is 15.1 Å². The van der Waals surface area contributed by atoms with Crippen molar-refractivity contribution in [3.63, 3.8) is 0 Å². The van der Waals surface area contributed by atoms with Crippen LogP contribution in [0.15, 0.2) is 17.5 Å². The largest absolute Gasteiger partial charge is 0.360 e. The second kappa shape index (κ2) is 10.4. The molecule has 0 atom stereocenters. The fourth-order valence-electron chi connectivity index (χ4n) is 3.28. The van der Waals surface area contributed by atoms with Gasteiger partial charge in [-0.15, -0.1) is 36.2 Å². The van der Waals surface area contributed by atoms with Gasteiger partial charge in [-0.25, -0.2) is 0 Å². The molecule has 3 rings (SSSR count). The molecule has 0 aromatic carbocycles. The van der Waals surface area contributed by atoms with Crippen molar-refractivity contribution >= 4 is 47.1 Å². The molecule has 3 heterocycles. The summed E-state index contributed by atoms with van der Waals surface area (Å²) in [6.07, 6.45) is 4.29. The average Bonchev–Trinajstić information content (AvgIpc) is 3.08. The Kier molecular flexibility index (Phi) is 9.29. The van der Waals surface area contributed by atoms with Gasteiger partial charge in [0.15, 0.2) is 0 Å². The lowest BCUT2D eigenvalue weighted by Gasteiger charge is -2.35. The van der Waals surface area contributed by atoms with Crippen LogP contribution in [0.5, 0.6) is 0 Å². The van der Waals surface area contributed by atoms with Gasteiger partial charge in [0.1, 0.15) is 0 Å². The van der Waals surface area contributed by atoms with Gasteiger partial charge in [0.25, 0.3) is 0 Å². The third kappa shape index (κ3) is 5.82. The predicted molar refractivity (Wildman–Crippen MR) is 102 cm³/mol. The van der Waals surface area contributed by atoms with Crippen molar-refractivity contribution in [3.05, 3.63) is 17.5 Å². The first-order valence-electron chi connectivity index (χ1n) is 8.10. The lowest BCUT2D eigenvalue weighted by atomic mass is 9.93. The van der Waals surface area contributed by atoms with Crippen molar-refractivity contribution in [1.82, 2.24) is 10.2 Å². The minimum Gasteiger partial charge on any atom is -0.360 e. The third-order valence-corrected chi connectivity index (χ3v) is 5.60. The number of anilines is 1. The minimum absolute atomic E-state index is 0. The summed E-state index contributed by atoms with van der Waals surface area (Å²) in [5.41, 5.74) is 0. The molecule has 1 aromatic rings. The number of carbonyl (C=O) groups excluding carboxylic acids is 1. The highest BCUT2D eigenvalue weighted by Gasteiger charge is 2.22. The van der Waals surface area contributed by atoms with Crippen molar-refractivity contribution in [2.24, 2.45) is 5.92 Å². The Morgan fingerprint density at radius 2 is 1.87 bits per heavy atom. The van der Waals surface area contributed by atoms with E-state index in [9.17, 15) is 4.79 Å². The van der Waals surface area contributed by atoms with Crippen molar-refractivity contribution in [2.75, 3.05) is 44.2 Å². The zero-order valence-corrected chi connectivity index (χ0v) is 15.9. The van der Waals surface area contributed by atoms with Crippen LogP contribution in [-0.4, -0.2) is 50.1 Å². The summed E-state index contributed by atoms with van der Waals surface area (Å²) < 4.78 is 0. The Bertz CT molecular complexity index is 444. The normalized spacial score (nSPS) is 19.0. The maximum absolute atomic E-state index is 12.3. The number of hydrogen-bond acceptors (Lipinski definition) is 4. The average molecular weight is 380 g/mol. The molecule has 0 unspecified atom stereocenters. The molecule has 2 saturated heterocycles. The number of thiophene rings is 1. The fraction of sp³-hybridized carbons (Fsp3) is 0.688. The second-order valence-corrected chi connectivity index (χ2v) is 6.98. The first-order valence-corrected chi connectivity index (χ1v) is 8.98. The van der Waals surface area contributed by atoms with Crippen LogP contribution in [0.25, 0.3) is 0 Å². The van der Waals surface area contributed by atoms with Crippen molar-refractivity contribution in [1.29, 1.82) is 0 Å². The van der Waals surface area contributed by atoms with Crippen molar-refractivity contribution < 1.29 is 4.79 Å². The Hall–Kier alpha value is -0.490. The molecule has 1 amide bonds. The summed E-state index contributed by atoms with van der Waals surface area (Å²) in [5.74, 6) is 1.11. The van der Waals surface area contributed by atoms with Gasteiger partial charge >= 0.3 is 0 Å². The summed E-state index contributed by atoms with van der Waals surface area (Å²) >= 11 is 1.78. The summed E-state index contributed by atoms with van der Waals surface area (Å²) in [5, 5.41) is 6.83. The quantitative estimate of drug-likeness (QED) is 0.872. The molecule has 0 saturated carbocycles. The molecule has 7 heteroatoms. The molecule has 1 N–H and O–H groups in total. The van der Waals surface area contributed by atoms with Crippen LogP contribution in [0.2, 0.25) is 0 Å². The first-order chi connectivity index (χ1) is 10.3. The van der Waals surface area contributed by atoms with E-state index in [-0.39, 0.29) is 24.8 Å². The predicted octanol–water partition coefficient (Wildman–Crippen LogP) is 3.02. The lowest BCUT2D eigenvalue weighted by Crippen LogP contribution is -2.48. The van der Waals surface area contributed by atoms with Gasteiger partial charge in [0.2, 0.25) is 5.91 Å². The van der Waals surface area contributed by atoms with E-state index in [0.29, 0.717) is 5.91 Å². The highest BCUT2D eigenvalue weighted by atomic mass is 35.5. The fourth-order valence-corrected chi connectivity index (χ4v) is 4.07. The number of nitrogens with one attached hydrogen (secondary N) is 1. The van der Waals surface area contributed by atoms with E-state index >= 15 is 0 Å². The maximum atomic E-state index is 12.3. The SMILES string of the molecule is Cl.Cl.O=C(CCC1CCNCC1)N1CCN(c2cccs2)CC1. The number of carbonyl (C=O) groups is 1. The Morgan fingerprint density at radius 3 is 2.48 bits per heavy atom. The van der Waals surface area contributed by atoms with Crippen LogP contribution >= 0.6 is 36.2 Å². The van der Waals surface area contributed by atoms with Gasteiger partial charge in [0, 0.05) is 32.6 Å². The topological polar surface area (TPSA) is 35.6 Å². The Morgan fingerprint density at radius 1 is 1.17 bits per heavy atom. The van der Waals surface area contributed by atoms with E-state index in [4.69, 9.17) is 0 Å². The molecule has 1 aromatic heterocycles. The summed E-state index contributed by atoms with van der Waals surface area (Å²) in [6, 6.07) is 4.26. The molecular formula is C16H27Cl2N3OS. The van der Waals surface area contributed by atoms with Crippen LogP contribution < -0.4 is 10.2 Å². The van der Waals surface area contributed by atoms with E-state index in [1.807, 2.05) is 0 Å². The van der Waals surface area contributed by atoms with Gasteiger partial charge in [0.05, 0.1) is 5.00 Å². The van der Waals surface area contributed by atoms with Crippen LogP contribution in [0.1, 0.15) is 25.7 Å².